The van der Waals surface area contributed by atoms with E-state index in [-0.39, 0.29) is 23.3 Å². The summed E-state index contributed by atoms with van der Waals surface area (Å²) in [6.07, 6.45) is 1.58. The molecule has 1 aliphatic heterocycles. The van der Waals surface area contributed by atoms with Crippen LogP contribution in [0, 0.1) is 5.41 Å². The highest BCUT2D eigenvalue weighted by Gasteiger charge is 2.47. The Balaban J connectivity index is 1.99. The first kappa shape index (κ1) is 13.3. The Hall–Kier alpha value is -1.68. The Labute approximate surface area is 118 Å². The number of amides is 2. The number of rotatable bonds is 1. The molecule has 1 N–H and O–H groups in total. The predicted octanol–water partition coefficient (Wildman–Crippen LogP) is 2.22. The molecule has 106 valence electrons. The van der Waals surface area contributed by atoms with E-state index in [9.17, 15) is 14.7 Å². The van der Waals surface area contributed by atoms with Crippen LogP contribution in [0.3, 0.4) is 0 Å². The van der Waals surface area contributed by atoms with Crippen molar-refractivity contribution in [1.82, 2.24) is 4.90 Å². The number of fused-ring (bicyclic) bond motifs is 1. The monoisotopic (exact) mass is 273 g/mol. The first-order chi connectivity index (χ1) is 9.42. The molecule has 1 aromatic carbocycles. The van der Waals surface area contributed by atoms with Crippen LogP contribution >= 0.6 is 0 Å². The number of carbonyl (C=O) groups is 2. The zero-order valence-electron chi connectivity index (χ0n) is 11.8. The topological polar surface area (TPSA) is 57.6 Å². The van der Waals surface area contributed by atoms with Crippen LogP contribution in [0.5, 0.6) is 0 Å². The van der Waals surface area contributed by atoms with Crippen molar-refractivity contribution < 1.29 is 14.7 Å². The van der Waals surface area contributed by atoms with E-state index < -0.39 is 6.10 Å². The van der Waals surface area contributed by atoms with Crippen molar-refractivity contribution in [2.75, 3.05) is 0 Å². The molecule has 3 rings (SSSR count). The van der Waals surface area contributed by atoms with Gasteiger partial charge in [-0.1, -0.05) is 26.0 Å². The van der Waals surface area contributed by atoms with E-state index in [1.54, 1.807) is 24.3 Å². The highest BCUT2D eigenvalue weighted by atomic mass is 16.3. The molecule has 0 radical (unpaired) electrons. The number of aliphatic hydroxyl groups is 1. The Bertz CT molecular complexity index is 544. The molecule has 0 unspecified atom stereocenters. The van der Waals surface area contributed by atoms with Gasteiger partial charge in [0.05, 0.1) is 17.2 Å². The lowest BCUT2D eigenvalue weighted by molar-refractivity contribution is 0.000400. The molecule has 1 saturated carbocycles. The minimum absolute atomic E-state index is 0.160. The summed E-state index contributed by atoms with van der Waals surface area (Å²) in [6.45, 7) is 4.13. The second-order valence-electron chi connectivity index (χ2n) is 6.46. The van der Waals surface area contributed by atoms with Gasteiger partial charge < -0.3 is 5.11 Å². The van der Waals surface area contributed by atoms with Crippen LogP contribution in [-0.2, 0) is 0 Å². The Morgan fingerprint density at radius 3 is 2.25 bits per heavy atom. The third-order valence-electron chi connectivity index (χ3n) is 4.66. The maximum absolute atomic E-state index is 12.5. The zero-order valence-corrected chi connectivity index (χ0v) is 11.8. The molecular weight excluding hydrogens is 254 g/mol. The lowest BCUT2D eigenvalue weighted by Crippen LogP contribution is -2.52. The fraction of sp³-hybridized carbons (Fsp3) is 0.500. The molecule has 2 amide bonds. The second kappa shape index (κ2) is 4.42. The van der Waals surface area contributed by atoms with Crippen molar-refractivity contribution in [1.29, 1.82) is 0 Å². The van der Waals surface area contributed by atoms with Crippen molar-refractivity contribution in [3.8, 4) is 0 Å². The van der Waals surface area contributed by atoms with Gasteiger partial charge in [0.15, 0.2) is 0 Å². The number of benzene rings is 1. The van der Waals surface area contributed by atoms with Crippen LogP contribution in [0.2, 0.25) is 0 Å². The largest absolute Gasteiger partial charge is 0.393 e. The van der Waals surface area contributed by atoms with E-state index in [1.807, 2.05) is 0 Å². The third kappa shape index (κ3) is 1.86. The van der Waals surface area contributed by atoms with Crippen molar-refractivity contribution in [2.24, 2.45) is 5.41 Å². The van der Waals surface area contributed by atoms with Gasteiger partial charge in [0.25, 0.3) is 11.8 Å². The lowest BCUT2D eigenvalue weighted by atomic mass is 9.71. The maximum atomic E-state index is 12.5. The number of hydrogen-bond donors (Lipinski definition) is 1. The fourth-order valence-corrected chi connectivity index (χ4v) is 3.35. The third-order valence-corrected chi connectivity index (χ3v) is 4.66. The van der Waals surface area contributed by atoms with Gasteiger partial charge in [-0.3, -0.25) is 14.5 Å². The van der Waals surface area contributed by atoms with Crippen molar-refractivity contribution in [3.05, 3.63) is 35.4 Å². The summed E-state index contributed by atoms with van der Waals surface area (Å²) in [6, 6.07) is 6.70. The van der Waals surface area contributed by atoms with Crippen molar-refractivity contribution >= 4 is 11.8 Å². The molecule has 4 nitrogen and oxygen atoms in total. The van der Waals surface area contributed by atoms with Crippen molar-refractivity contribution in [3.63, 3.8) is 0 Å². The molecule has 1 heterocycles. The summed E-state index contributed by atoms with van der Waals surface area (Å²) in [4.78, 5) is 26.4. The zero-order chi connectivity index (χ0) is 14.5. The summed E-state index contributed by atoms with van der Waals surface area (Å²) in [7, 11) is 0. The van der Waals surface area contributed by atoms with E-state index in [4.69, 9.17) is 0 Å². The van der Waals surface area contributed by atoms with Gasteiger partial charge in [0.1, 0.15) is 0 Å². The van der Waals surface area contributed by atoms with Crippen LogP contribution in [0.4, 0.5) is 0 Å². The van der Waals surface area contributed by atoms with Gasteiger partial charge in [0.2, 0.25) is 0 Å². The number of imide groups is 1. The summed E-state index contributed by atoms with van der Waals surface area (Å²) >= 11 is 0. The normalized spacial score (nSPS) is 28.6. The fourth-order valence-electron chi connectivity index (χ4n) is 3.35. The molecule has 4 heteroatoms. The Morgan fingerprint density at radius 2 is 1.70 bits per heavy atom. The van der Waals surface area contributed by atoms with E-state index in [0.717, 1.165) is 12.8 Å². The van der Waals surface area contributed by atoms with Crippen LogP contribution in [0.15, 0.2) is 24.3 Å². The number of nitrogens with zero attached hydrogens (tertiary/aromatic N) is 1. The quantitative estimate of drug-likeness (QED) is 0.798. The van der Waals surface area contributed by atoms with Crippen LogP contribution in [0.1, 0.15) is 53.8 Å². The molecule has 1 fully saturated rings. The Kier molecular flexibility index (Phi) is 2.94. The summed E-state index contributed by atoms with van der Waals surface area (Å²) in [5.74, 6) is -0.449. The van der Waals surface area contributed by atoms with Gasteiger partial charge in [0, 0.05) is 6.04 Å². The van der Waals surface area contributed by atoms with Crippen LogP contribution in [0.25, 0.3) is 0 Å². The highest BCUT2D eigenvalue weighted by molar-refractivity contribution is 6.21. The first-order valence-corrected chi connectivity index (χ1v) is 7.07. The average molecular weight is 273 g/mol. The van der Waals surface area contributed by atoms with Gasteiger partial charge in [-0.25, -0.2) is 0 Å². The van der Waals surface area contributed by atoms with Gasteiger partial charge in [-0.2, -0.15) is 0 Å². The second-order valence-corrected chi connectivity index (χ2v) is 6.46. The lowest BCUT2D eigenvalue weighted by Gasteiger charge is -2.44. The minimum atomic E-state index is -0.433. The molecule has 1 aromatic rings. The molecule has 0 saturated heterocycles. The van der Waals surface area contributed by atoms with Gasteiger partial charge >= 0.3 is 0 Å². The molecule has 0 spiro atoms. The number of hydrogen-bond acceptors (Lipinski definition) is 3. The number of aliphatic hydroxyl groups excluding tert-OH is 1. The Morgan fingerprint density at radius 1 is 1.15 bits per heavy atom. The molecule has 0 aromatic heterocycles. The smallest absolute Gasteiger partial charge is 0.261 e. The minimum Gasteiger partial charge on any atom is -0.393 e. The molecule has 2 aliphatic rings. The molecule has 1 aliphatic carbocycles. The van der Waals surface area contributed by atoms with Crippen LogP contribution in [-0.4, -0.2) is 34.0 Å². The summed E-state index contributed by atoms with van der Waals surface area (Å²) < 4.78 is 0. The summed E-state index contributed by atoms with van der Waals surface area (Å²) in [5, 5.41) is 9.91. The predicted molar refractivity (Wildman–Crippen MR) is 74.4 cm³/mol. The van der Waals surface area contributed by atoms with Crippen molar-refractivity contribution in [2.45, 2.75) is 45.3 Å². The van der Waals surface area contributed by atoms with Crippen LogP contribution < -0.4 is 0 Å². The van der Waals surface area contributed by atoms with Gasteiger partial charge in [-0.15, -0.1) is 0 Å². The SMILES string of the molecule is CC1(C)CC[C@H](O)C[C@H]1N1C(=O)c2ccccc2C1=O. The molecular formula is C16H19NO3. The number of carbonyl (C=O) groups excluding carboxylic acids is 2. The van der Waals surface area contributed by atoms with E-state index in [1.165, 1.54) is 4.90 Å². The first-order valence-electron chi connectivity index (χ1n) is 7.07. The maximum Gasteiger partial charge on any atom is 0.261 e. The van der Waals surface area contributed by atoms with Gasteiger partial charge in [-0.05, 0) is 36.8 Å². The average Bonchev–Trinajstić information content (AvgIpc) is 2.66. The molecule has 2 atom stereocenters. The molecule has 20 heavy (non-hydrogen) atoms. The van der Waals surface area contributed by atoms with E-state index in [0.29, 0.717) is 17.5 Å². The van der Waals surface area contributed by atoms with E-state index in [2.05, 4.69) is 13.8 Å². The molecule has 0 bridgehead atoms. The van der Waals surface area contributed by atoms with E-state index >= 15 is 0 Å². The standard InChI is InChI=1S/C16H19NO3/c1-16(2)8-7-10(18)9-13(16)17-14(19)11-5-3-4-6-12(11)15(17)20/h3-6,10,13,18H,7-9H2,1-2H3/t10-,13+/m0/s1. The summed E-state index contributed by atoms with van der Waals surface area (Å²) in [5.41, 5.74) is 0.800. The highest BCUT2D eigenvalue weighted by Crippen LogP contribution is 2.41.